The molecule has 8 nitrogen and oxygen atoms in total. The number of aromatic nitrogens is 2. The second-order valence-electron chi connectivity index (χ2n) is 6.85. The average Bonchev–Trinajstić information content (AvgIpc) is 2.75. The average molecular weight is 397 g/mol. The number of para-hydroxylation sites is 1. The van der Waals surface area contributed by atoms with Crippen molar-refractivity contribution in [1.29, 1.82) is 0 Å². The van der Waals surface area contributed by atoms with E-state index in [2.05, 4.69) is 22.2 Å². The molecule has 0 radical (unpaired) electrons. The summed E-state index contributed by atoms with van der Waals surface area (Å²) >= 11 is 0. The van der Waals surface area contributed by atoms with E-state index in [9.17, 15) is 9.59 Å². The molecule has 1 fully saturated rings. The molecular weight excluding hydrogens is 370 g/mol. The van der Waals surface area contributed by atoms with Gasteiger partial charge < -0.3 is 19.9 Å². The van der Waals surface area contributed by atoms with Gasteiger partial charge in [0, 0.05) is 37.9 Å². The van der Waals surface area contributed by atoms with E-state index in [1.54, 1.807) is 17.9 Å². The second-order valence-corrected chi connectivity index (χ2v) is 6.85. The van der Waals surface area contributed by atoms with Gasteiger partial charge in [0.2, 0.25) is 0 Å². The van der Waals surface area contributed by atoms with Gasteiger partial charge in [0.05, 0.1) is 6.61 Å². The van der Waals surface area contributed by atoms with Crippen LogP contribution in [0.5, 0.6) is 0 Å². The van der Waals surface area contributed by atoms with Crippen molar-refractivity contribution in [2.24, 2.45) is 0 Å². The molecule has 0 saturated carbocycles. The lowest BCUT2D eigenvalue weighted by atomic mass is 10.1. The van der Waals surface area contributed by atoms with Crippen LogP contribution in [-0.2, 0) is 11.2 Å². The van der Waals surface area contributed by atoms with E-state index in [4.69, 9.17) is 4.74 Å². The Morgan fingerprint density at radius 3 is 2.59 bits per heavy atom. The summed E-state index contributed by atoms with van der Waals surface area (Å²) in [6.07, 6.45) is 1.94. The van der Waals surface area contributed by atoms with Crippen LogP contribution < -0.4 is 10.2 Å². The molecule has 2 aromatic rings. The topological polar surface area (TPSA) is 87.7 Å². The number of amides is 2. The van der Waals surface area contributed by atoms with Gasteiger partial charge in [-0.1, -0.05) is 25.1 Å². The van der Waals surface area contributed by atoms with Crippen molar-refractivity contribution in [2.45, 2.75) is 27.2 Å². The van der Waals surface area contributed by atoms with Crippen LogP contribution in [0.3, 0.4) is 0 Å². The normalized spacial score (nSPS) is 13.9. The number of aryl methyl sites for hydroxylation is 2. The Morgan fingerprint density at radius 2 is 1.90 bits per heavy atom. The van der Waals surface area contributed by atoms with Crippen LogP contribution in [0.15, 0.2) is 30.6 Å². The summed E-state index contributed by atoms with van der Waals surface area (Å²) in [5.41, 5.74) is 3.25. The summed E-state index contributed by atoms with van der Waals surface area (Å²) in [5, 5.41) is 3.00. The number of piperazine rings is 1. The van der Waals surface area contributed by atoms with Gasteiger partial charge in [-0.05, 0) is 31.4 Å². The van der Waals surface area contributed by atoms with Gasteiger partial charge in [-0.15, -0.1) is 0 Å². The SMILES string of the molecule is CCOC(=O)N1CCN(c2cc(C(=O)Nc3c(C)cccc3CC)ncn2)CC1. The second kappa shape index (κ2) is 9.36. The third-order valence-corrected chi connectivity index (χ3v) is 4.99. The van der Waals surface area contributed by atoms with Gasteiger partial charge >= 0.3 is 6.09 Å². The quantitative estimate of drug-likeness (QED) is 0.835. The Kier molecular flexibility index (Phi) is 6.64. The van der Waals surface area contributed by atoms with Crippen molar-refractivity contribution in [2.75, 3.05) is 43.0 Å². The third-order valence-electron chi connectivity index (χ3n) is 4.99. The number of hydrogen-bond donors (Lipinski definition) is 1. The zero-order valence-corrected chi connectivity index (χ0v) is 17.1. The molecule has 1 saturated heterocycles. The van der Waals surface area contributed by atoms with Gasteiger partial charge in [-0.2, -0.15) is 0 Å². The van der Waals surface area contributed by atoms with Gasteiger partial charge in [0.1, 0.15) is 17.8 Å². The summed E-state index contributed by atoms with van der Waals surface area (Å²) in [5.74, 6) is 0.414. The number of rotatable bonds is 5. The van der Waals surface area contributed by atoms with Crippen LogP contribution in [-0.4, -0.2) is 59.7 Å². The van der Waals surface area contributed by atoms with E-state index in [1.165, 1.54) is 6.33 Å². The van der Waals surface area contributed by atoms with Crippen molar-refractivity contribution in [1.82, 2.24) is 14.9 Å². The molecule has 29 heavy (non-hydrogen) atoms. The Morgan fingerprint density at radius 1 is 1.14 bits per heavy atom. The smallest absolute Gasteiger partial charge is 0.409 e. The molecule has 0 aliphatic carbocycles. The maximum atomic E-state index is 12.8. The van der Waals surface area contributed by atoms with E-state index in [1.807, 2.05) is 30.0 Å². The highest BCUT2D eigenvalue weighted by molar-refractivity contribution is 6.04. The van der Waals surface area contributed by atoms with E-state index in [0.717, 1.165) is 23.2 Å². The molecule has 1 aromatic heterocycles. The number of ether oxygens (including phenoxy) is 1. The number of benzene rings is 1. The number of nitrogens with one attached hydrogen (secondary N) is 1. The first-order valence-electron chi connectivity index (χ1n) is 9.92. The predicted molar refractivity (Wildman–Crippen MR) is 111 cm³/mol. The summed E-state index contributed by atoms with van der Waals surface area (Å²) in [4.78, 5) is 36.8. The molecule has 2 amide bonds. The fraction of sp³-hybridized carbons (Fsp3) is 0.429. The lowest BCUT2D eigenvalue weighted by Crippen LogP contribution is -2.49. The van der Waals surface area contributed by atoms with Crippen molar-refractivity contribution in [3.05, 3.63) is 47.4 Å². The molecule has 154 valence electrons. The van der Waals surface area contributed by atoms with Crippen molar-refractivity contribution in [3.63, 3.8) is 0 Å². The zero-order chi connectivity index (χ0) is 20.8. The highest BCUT2D eigenvalue weighted by Gasteiger charge is 2.23. The molecule has 1 aliphatic heterocycles. The largest absolute Gasteiger partial charge is 0.450 e. The minimum absolute atomic E-state index is 0.261. The molecule has 0 bridgehead atoms. The maximum Gasteiger partial charge on any atom is 0.409 e. The molecule has 3 rings (SSSR count). The molecule has 0 unspecified atom stereocenters. The van der Waals surface area contributed by atoms with Crippen molar-refractivity contribution < 1.29 is 14.3 Å². The number of carbonyl (C=O) groups is 2. The molecular formula is C21H27N5O3. The minimum atomic E-state index is -0.292. The highest BCUT2D eigenvalue weighted by Crippen LogP contribution is 2.22. The molecule has 2 heterocycles. The monoisotopic (exact) mass is 397 g/mol. The summed E-state index contributed by atoms with van der Waals surface area (Å²) in [7, 11) is 0. The first-order chi connectivity index (χ1) is 14.0. The van der Waals surface area contributed by atoms with Gasteiger partial charge in [-0.25, -0.2) is 14.8 Å². The minimum Gasteiger partial charge on any atom is -0.450 e. The first-order valence-corrected chi connectivity index (χ1v) is 9.92. The third kappa shape index (κ3) is 4.82. The van der Waals surface area contributed by atoms with E-state index >= 15 is 0 Å². The van der Waals surface area contributed by atoms with Crippen LogP contribution in [0.4, 0.5) is 16.3 Å². The lowest BCUT2D eigenvalue weighted by molar-refractivity contribution is 0.102. The lowest BCUT2D eigenvalue weighted by Gasteiger charge is -2.34. The molecule has 0 atom stereocenters. The van der Waals surface area contributed by atoms with Crippen LogP contribution in [0.25, 0.3) is 0 Å². The molecule has 8 heteroatoms. The van der Waals surface area contributed by atoms with Crippen LogP contribution in [0.2, 0.25) is 0 Å². The fourth-order valence-electron chi connectivity index (χ4n) is 3.36. The van der Waals surface area contributed by atoms with E-state index in [-0.39, 0.29) is 12.0 Å². The van der Waals surface area contributed by atoms with Crippen LogP contribution >= 0.6 is 0 Å². The van der Waals surface area contributed by atoms with Crippen molar-refractivity contribution >= 4 is 23.5 Å². The van der Waals surface area contributed by atoms with E-state index < -0.39 is 0 Å². The maximum absolute atomic E-state index is 12.8. The Labute approximate surface area is 170 Å². The summed E-state index contributed by atoms with van der Waals surface area (Å²) in [6, 6.07) is 7.67. The molecule has 0 spiro atoms. The first kappa shape index (κ1) is 20.6. The van der Waals surface area contributed by atoms with Crippen molar-refractivity contribution in [3.8, 4) is 0 Å². The molecule has 1 aromatic carbocycles. The number of hydrogen-bond acceptors (Lipinski definition) is 6. The Balaban J connectivity index is 1.69. The summed E-state index contributed by atoms with van der Waals surface area (Å²) in [6.45, 7) is 8.53. The standard InChI is InChI=1S/C21H27N5O3/c1-4-16-8-6-7-15(3)19(16)24-20(27)17-13-18(23-14-22-17)25-9-11-26(12-10-25)21(28)29-5-2/h6-8,13-14H,4-5,9-12H2,1-3H3,(H,24,27). The number of carbonyl (C=O) groups excluding carboxylic acids is 2. The Hall–Kier alpha value is -3.16. The predicted octanol–water partition coefficient (Wildman–Crippen LogP) is 2.88. The van der Waals surface area contributed by atoms with Crippen LogP contribution in [0.1, 0.15) is 35.5 Å². The number of nitrogens with zero attached hydrogens (tertiary/aromatic N) is 4. The fourth-order valence-corrected chi connectivity index (χ4v) is 3.36. The van der Waals surface area contributed by atoms with E-state index in [0.29, 0.717) is 44.3 Å². The van der Waals surface area contributed by atoms with Gasteiger partial charge in [0.25, 0.3) is 5.91 Å². The van der Waals surface area contributed by atoms with Gasteiger partial charge in [0.15, 0.2) is 0 Å². The summed E-state index contributed by atoms with van der Waals surface area (Å²) < 4.78 is 5.05. The highest BCUT2D eigenvalue weighted by atomic mass is 16.6. The molecule has 1 N–H and O–H groups in total. The number of anilines is 2. The molecule has 1 aliphatic rings. The zero-order valence-electron chi connectivity index (χ0n) is 17.1. The van der Waals surface area contributed by atoms with Gasteiger partial charge in [-0.3, -0.25) is 4.79 Å². The van der Waals surface area contributed by atoms with Crippen LogP contribution in [0, 0.1) is 6.92 Å². The Bertz CT molecular complexity index is 878.